The van der Waals surface area contributed by atoms with Gasteiger partial charge >= 0.3 is 0 Å². The second kappa shape index (κ2) is 7.50. The molecule has 5 heteroatoms. The van der Waals surface area contributed by atoms with Crippen LogP contribution >= 0.6 is 0 Å². The van der Waals surface area contributed by atoms with E-state index in [-0.39, 0.29) is 0 Å². The average molecular weight is 241 g/mol. The van der Waals surface area contributed by atoms with E-state index in [1.165, 1.54) is 32.7 Å². The largest absolute Gasteiger partial charge is 0.359 e. The fraction of sp³-hybridized carbons (Fsp3) is 0.917. The van der Waals surface area contributed by atoms with Gasteiger partial charge in [-0.3, -0.25) is 4.99 Å². The number of rotatable bonds is 4. The normalized spacial score (nSPS) is 21.3. The van der Waals surface area contributed by atoms with Crippen molar-refractivity contribution in [3.05, 3.63) is 0 Å². The van der Waals surface area contributed by atoms with Crippen molar-refractivity contribution in [1.82, 2.24) is 20.4 Å². The Morgan fingerprint density at radius 1 is 1.29 bits per heavy atom. The third-order valence-electron chi connectivity index (χ3n) is 3.24. The summed E-state index contributed by atoms with van der Waals surface area (Å²) in [6, 6.07) is 0. The molecule has 100 valence electrons. The Hall–Kier alpha value is -0.810. The molecule has 1 heterocycles. The first-order chi connectivity index (χ1) is 8.15. The van der Waals surface area contributed by atoms with Gasteiger partial charge in [0.1, 0.15) is 0 Å². The molecule has 0 amide bonds. The lowest BCUT2D eigenvalue weighted by Crippen LogP contribution is -2.47. The molecule has 0 aliphatic carbocycles. The first-order valence-electron chi connectivity index (χ1n) is 6.45. The van der Waals surface area contributed by atoms with Crippen molar-refractivity contribution >= 4 is 5.96 Å². The molecule has 0 saturated carbocycles. The van der Waals surface area contributed by atoms with Crippen LogP contribution in [0.15, 0.2) is 4.99 Å². The van der Waals surface area contributed by atoms with E-state index < -0.39 is 0 Å². The molecule has 17 heavy (non-hydrogen) atoms. The summed E-state index contributed by atoms with van der Waals surface area (Å²) in [5, 5.41) is 6.35. The SMILES string of the molecule is CN=C(NC)NCC(C)CN1CCN(C)CC1. The van der Waals surface area contributed by atoms with E-state index in [9.17, 15) is 0 Å². The van der Waals surface area contributed by atoms with E-state index in [1.807, 2.05) is 7.05 Å². The number of nitrogens with one attached hydrogen (secondary N) is 2. The van der Waals surface area contributed by atoms with Gasteiger partial charge in [-0.2, -0.15) is 0 Å². The molecular formula is C12H27N5. The summed E-state index contributed by atoms with van der Waals surface area (Å²) in [6.07, 6.45) is 0. The standard InChI is InChI=1S/C12H27N5/c1-11(9-15-12(13-2)14-3)10-17-7-5-16(4)6-8-17/h11H,5-10H2,1-4H3,(H2,13,14,15). The van der Waals surface area contributed by atoms with Gasteiger partial charge < -0.3 is 20.4 Å². The molecule has 0 aromatic rings. The molecule has 1 fully saturated rings. The van der Waals surface area contributed by atoms with E-state index in [0.29, 0.717) is 5.92 Å². The monoisotopic (exact) mass is 241 g/mol. The molecule has 5 nitrogen and oxygen atoms in total. The molecule has 0 radical (unpaired) electrons. The quantitative estimate of drug-likeness (QED) is 0.522. The molecule has 0 aromatic carbocycles. The van der Waals surface area contributed by atoms with Crippen molar-refractivity contribution in [2.45, 2.75) is 6.92 Å². The molecule has 0 bridgehead atoms. The summed E-state index contributed by atoms with van der Waals surface area (Å²) in [5.74, 6) is 1.51. The fourth-order valence-electron chi connectivity index (χ4n) is 2.09. The van der Waals surface area contributed by atoms with E-state index in [2.05, 4.69) is 39.4 Å². The van der Waals surface area contributed by atoms with E-state index in [0.717, 1.165) is 12.5 Å². The molecule has 2 N–H and O–H groups in total. The summed E-state index contributed by atoms with van der Waals surface area (Å²) in [5.41, 5.74) is 0. The fourth-order valence-corrected chi connectivity index (χ4v) is 2.09. The van der Waals surface area contributed by atoms with Crippen LogP contribution < -0.4 is 10.6 Å². The van der Waals surface area contributed by atoms with E-state index >= 15 is 0 Å². The highest BCUT2D eigenvalue weighted by Gasteiger charge is 2.15. The maximum absolute atomic E-state index is 4.11. The minimum absolute atomic E-state index is 0.642. The van der Waals surface area contributed by atoms with Gasteiger partial charge in [-0.15, -0.1) is 0 Å². The minimum atomic E-state index is 0.642. The Kier molecular flexibility index (Phi) is 6.29. The second-order valence-electron chi connectivity index (χ2n) is 4.91. The van der Waals surface area contributed by atoms with Crippen molar-refractivity contribution in [1.29, 1.82) is 0 Å². The molecule has 0 spiro atoms. The summed E-state index contributed by atoms with van der Waals surface area (Å²) in [7, 11) is 5.88. The van der Waals surface area contributed by atoms with Gasteiger partial charge in [-0.25, -0.2) is 0 Å². The number of guanidine groups is 1. The smallest absolute Gasteiger partial charge is 0.190 e. The van der Waals surface area contributed by atoms with Gasteiger partial charge in [0.25, 0.3) is 0 Å². The number of aliphatic imine (C=N–C) groups is 1. The van der Waals surface area contributed by atoms with Crippen molar-refractivity contribution in [3.8, 4) is 0 Å². The van der Waals surface area contributed by atoms with Crippen LogP contribution in [0.25, 0.3) is 0 Å². The maximum Gasteiger partial charge on any atom is 0.190 e. The topological polar surface area (TPSA) is 42.9 Å². The number of piperazine rings is 1. The highest BCUT2D eigenvalue weighted by atomic mass is 15.2. The van der Waals surface area contributed by atoms with Crippen LogP contribution in [0.4, 0.5) is 0 Å². The van der Waals surface area contributed by atoms with Crippen LogP contribution in [-0.4, -0.2) is 76.2 Å². The van der Waals surface area contributed by atoms with Crippen molar-refractivity contribution in [2.24, 2.45) is 10.9 Å². The van der Waals surface area contributed by atoms with Crippen LogP contribution in [0.3, 0.4) is 0 Å². The first kappa shape index (κ1) is 14.3. The zero-order chi connectivity index (χ0) is 12.7. The Labute approximate surface area is 105 Å². The molecule has 1 aliphatic rings. The molecule has 0 aromatic heterocycles. The summed E-state index contributed by atoms with van der Waals surface area (Å²) < 4.78 is 0. The van der Waals surface area contributed by atoms with Gasteiger partial charge in [0.15, 0.2) is 5.96 Å². The number of hydrogen-bond donors (Lipinski definition) is 2. The third-order valence-corrected chi connectivity index (χ3v) is 3.24. The van der Waals surface area contributed by atoms with Crippen LogP contribution in [0, 0.1) is 5.92 Å². The lowest BCUT2D eigenvalue weighted by atomic mass is 10.1. The van der Waals surface area contributed by atoms with Crippen LogP contribution in [0.2, 0.25) is 0 Å². The summed E-state index contributed by atoms with van der Waals surface area (Å²) in [6.45, 7) is 9.20. The Morgan fingerprint density at radius 2 is 1.94 bits per heavy atom. The van der Waals surface area contributed by atoms with Crippen molar-refractivity contribution < 1.29 is 0 Å². The van der Waals surface area contributed by atoms with Crippen LogP contribution in [0.1, 0.15) is 6.92 Å². The minimum Gasteiger partial charge on any atom is -0.359 e. The van der Waals surface area contributed by atoms with E-state index in [4.69, 9.17) is 0 Å². The highest BCUT2D eigenvalue weighted by molar-refractivity contribution is 5.79. The van der Waals surface area contributed by atoms with Crippen LogP contribution in [0.5, 0.6) is 0 Å². The number of likely N-dealkylation sites (N-methyl/N-ethyl adjacent to an activating group) is 1. The van der Waals surface area contributed by atoms with Gasteiger partial charge in [-0.1, -0.05) is 6.92 Å². The first-order valence-corrected chi connectivity index (χ1v) is 6.45. The zero-order valence-electron chi connectivity index (χ0n) is 11.7. The molecule has 1 atom stereocenters. The van der Waals surface area contributed by atoms with Crippen LogP contribution in [-0.2, 0) is 0 Å². The molecule has 1 rings (SSSR count). The summed E-state index contributed by atoms with van der Waals surface area (Å²) in [4.78, 5) is 9.05. The third kappa shape index (κ3) is 5.37. The van der Waals surface area contributed by atoms with Gasteiger partial charge in [0.05, 0.1) is 0 Å². The predicted octanol–water partition coefficient (Wildman–Crippen LogP) is -0.335. The van der Waals surface area contributed by atoms with Gasteiger partial charge in [0.2, 0.25) is 0 Å². The number of hydrogen-bond acceptors (Lipinski definition) is 3. The number of nitrogens with zero attached hydrogens (tertiary/aromatic N) is 3. The molecule has 1 aliphatic heterocycles. The molecule has 1 unspecified atom stereocenters. The lowest BCUT2D eigenvalue weighted by molar-refractivity contribution is 0.139. The van der Waals surface area contributed by atoms with E-state index in [1.54, 1.807) is 7.05 Å². The maximum atomic E-state index is 4.11. The zero-order valence-corrected chi connectivity index (χ0v) is 11.7. The van der Waals surface area contributed by atoms with Gasteiger partial charge in [0, 0.05) is 53.4 Å². The Balaban J connectivity index is 2.18. The molecule has 1 saturated heterocycles. The van der Waals surface area contributed by atoms with Gasteiger partial charge in [-0.05, 0) is 13.0 Å². The Morgan fingerprint density at radius 3 is 2.47 bits per heavy atom. The summed E-state index contributed by atoms with van der Waals surface area (Å²) >= 11 is 0. The van der Waals surface area contributed by atoms with Crippen molar-refractivity contribution in [2.75, 3.05) is 60.4 Å². The average Bonchev–Trinajstić information content (AvgIpc) is 2.33. The molecular weight excluding hydrogens is 214 g/mol. The Bertz CT molecular complexity index is 233. The predicted molar refractivity (Wildman–Crippen MR) is 73.5 cm³/mol. The van der Waals surface area contributed by atoms with Crippen molar-refractivity contribution in [3.63, 3.8) is 0 Å². The lowest BCUT2D eigenvalue weighted by Gasteiger charge is -2.34. The highest BCUT2D eigenvalue weighted by Crippen LogP contribution is 2.03. The second-order valence-corrected chi connectivity index (χ2v) is 4.91.